The maximum Gasteiger partial charge on any atom is 0.127 e. The lowest BCUT2D eigenvalue weighted by molar-refractivity contribution is 0.387. The molecular formula is C15H25NO3S. The Morgan fingerprint density at radius 2 is 2.05 bits per heavy atom. The maximum absolute atomic E-state index is 12.1. The highest BCUT2D eigenvalue weighted by Gasteiger charge is 2.17. The van der Waals surface area contributed by atoms with E-state index in [4.69, 9.17) is 9.47 Å². The highest BCUT2D eigenvalue weighted by Crippen LogP contribution is 2.29. The fourth-order valence-corrected chi connectivity index (χ4v) is 3.50. The molecule has 1 rings (SSSR count). The molecule has 2 unspecified atom stereocenters. The minimum Gasteiger partial charge on any atom is -0.497 e. The van der Waals surface area contributed by atoms with E-state index in [-0.39, 0.29) is 6.04 Å². The molecule has 4 nitrogen and oxygen atoms in total. The third-order valence-electron chi connectivity index (χ3n) is 3.24. The summed E-state index contributed by atoms with van der Waals surface area (Å²) in [6.07, 6.45) is 2.07. The molecule has 1 aromatic rings. The number of ether oxygens (including phenoxy) is 2. The van der Waals surface area contributed by atoms with Crippen LogP contribution in [0.5, 0.6) is 11.5 Å². The van der Waals surface area contributed by atoms with Gasteiger partial charge in [-0.2, -0.15) is 0 Å². The van der Waals surface area contributed by atoms with Gasteiger partial charge in [0.25, 0.3) is 0 Å². The number of hydrogen-bond acceptors (Lipinski definition) is 4. The lowest BCUT2D eigenvalue weighted by atomic mass is 10.1. The van der Waals surface area contributed by atoms with Crippen LogP contribution in [-0.2, 0) is 10.8 Å². The molecule has 20 heavy (non-hydrogen) atoms. The van der Waals surface area contributed by atoms with E-state index in [0.717, 1.165) is 35.7 Å². The van der Waals surface area contributed by atoms with Crippen molar-refractivity contribution in [2.45, 2.75) is 25.8 Å². The molecule has 114 valence electrons. The van der Waals surface area contributed by atoms with E-state index >= 15 is 0 Å². The smallest absolute Gasteiger partial charge is 0.127 e. The summed E-state index contributed by atoms with van der Waals surface area (Å²) in [4.78, 5) is 0. The summed E-state index contributed by atoms with van der Waals surface area (Å²) >= 11 is 0. The van der Waals surface area contributed by atoms with Gasteiger partial charge in [-0.05, 0) is 19.5 Å². The fourth-order valence-electron chi connectivity index (χ4n) is 2.01. The number of hydrogen-bond donors (Lipinski definition) is 1. The second-order valence-corrected chi connectivity index (χ2v) is 6.23. The Hall–Kier alpha value is -1.07. The predicted molar refractivity (Wildman–Crippen MR) is 84.1 cm³/mol. The van der Waals surface area contributed by atoms with E-state index in [0.29, 0.717) is 5.75 Å². The van der Waals surface area contributed by atoms with Gasteiger partial charge in [0.05, 0.1) is 14.2 Å². The van der Waals surface area contributed by atoms with Gasteiger partial charge in [-0.1, -0.05) is 19.4 Å². The minimum atomic E-state index is -0.817. The summed E-state index contributed by atoms with van der Waals surface area (Å²) in [5, 5.41) is 3.22. The van der Waals surface area contributed by atoms with E-state index in [1.165, 1.54) is 0 Å². The molecule has 0 bridgehead atoms. The Bertz CT molecular complexity index is 437. The van der Waals surface area contributed by atoms with Crippen molar-refractivity contribution in [2.75, 3.05) is 32.8 Å². The first-order valence-corrected chi connectivity index (χ1v) is 8.39. The van der Waals surface area contributed by atoms with Gasteiger partial charge in [-0.3, -0.25) is 4.21 Å². The fraction of sp³-hybridized carbons (Fsp3) is 0.600. The van der Waals surface area contributed by atoms with Gasteiger partial charge in [0.1, 0.15) is 11.5 Å². The number of methoxy groups -OCH3 is 2. The van der Waals surface area contributed by atoms with Crippen molar-refractivity contribution in [3.8, 4) is 11.5 Å². The number of nitrogens with one attached hydrogen (secondary N) is 1. The van der Waals surface area contributed by atoms with Crippen LogP contribution in [0.4, 0.5) is 0 Å². The molecule has 0 aliphatic heterocycles. The first kappa shape index (κ1) is 17.0. The van der Waals surface area contributed by atoms with Crippen molar-refractivity contribution in [3.05, 3.63) is 23.8 Å². The van der Waals surface area contributed by atoms with Crippen LogP contribution in [0, 0.1) is 0 Å². The van der Waals surface area contributed by atoms with E-state index < -0.39 is 10.8 Å². The normalized spacial score (nSPS) is 13.8. The topological polar surface area (TPSA) is 47.6 Å². The van der Waals surface area contributed by atoms with Crippen LogP contribution in [0.3, 0.4) is 0 Å². The quantitative estimate of drug-likeness (QED) is 0.761. The molecule has 2 atom stereocenters. The van der Waals surface area contributed by atoms with Crippen LogP contribution in [0.1, 0.15) is 31.4 Å². The van der Waals surface area contributed by atoms with E-state index in [2.05, 4.69) is 12.2 Å². The van der Waals surface area contributed by atoms with Crippen molar-refractivity contribution < 1.29 is 13.7 Å². The van der Waals surface area contributed by atoms with E-state index in [9.17, 15) is 4.21 Å². The molecule has 1 N–H and O–H groups in total. The second-order valence-electron chi connectivity index (χ2n) is 4.61. The van der Waals surface area contributed by atoms with Crippen LogP contribution >= 0.6 is 0 Å². The van der Waals surface area contributed by atoms with Gasteiger partial charge in [-0.15, -0.1) is 0 Å². The molecule has 0 radical (unpaired) electrons. The molecule has 0 amide bonds. The molecular weight excluding hydrogens is 274 g/mol. The summed E-state index contributed by atoms with van der Waals surface area (Å²) in [5.74, 6) is 2.87. The lowest BCUT2D eigenvalue weighted by Crippen LogP contribution is -2.24. The molecule has 1 aromatic carbocycles. The second kappa shape index (κ2) is 8.97. The van der Waals surface area contributed by atoms with Gasteiger partial charge in [0.2, 0.25) is 0 Å². The summed E-state index contributed by atoms with van der Waals surface area (Å²) in [6.45, 7) is 2.11. The van der Waals surface area contributed by atoms with Crippen molar-refractivity contribution in [2.24, 2.45) is 0 Å². The zero-order chi connectivity index (χ0) is 15.0. The average molecular weight is 299 g/mol. The Morgan fingerprint density at radius 3 is 2.60 bits per heavy atom. The van der Waals surface area contributed by atoms with Gasteiger partial charge in [0.15, 0.2) is 0 Å². The highest BCUT2D eigenvalue weighted by molar-refractivity contribution is 7.85. The van der Waals surface area contributed by atoms with Gasteiger partial charge in [0, 0.05) is 40.0 Å². The first-order chi connectivity index (χ1) is 9.65. The standard InChI is InChI=1S/C15H25NO3S/c1-5-6-9-20(17)11-14(16-2)13-8-7-12(18-3)10-15(13)19-4/h7-8,10,14,16H,5-6,9,11H2,1-4H3. The number of rotatable bonds is 9. The highest BCUT2D eigenvalue weighted by atomic mass is 32.2. The number of unbranched alkanes of at least 4 members (excludes halogenated alkanes) is 1. The van der Waals surface area contributed by atoms with Gasteiger partial charge < -0.3 is 14.8 Å². The Morgan fingerprint density at radius 1 is 1.30 bits per heavy atom. The first-order valence-electron chi connectivity index (χ1n) is 6.90. The zero-order valence-electron chi connectivity index (χ0n) is 12.8. The van der Waals surface area contributed by atoms with Crippen molar-refractivity contribution in [3.63, 3.8) is 0 Å². The summed E-state index contributed by atoms with van der Waals surface area (Å²) in [7, 11) is 4.33. The third-order valence-corrected chi connectivity index (χ3v) is 4.69. The van der Waals surface area contributed by atoms with Crippen molar-refractivity contribution in [1.82, 2.24) is 5.32 Å². The molecule has 0 aliphatic rings. The van der Waals surface area contributed by atoms with E-state index in [1.807, 2.05) is 25.2 Å². The third kappa shape index (κ3) is 4.80. The maximum atomic E-state index is 12.1. The summed E-state index contributed by atoms with van der Waals surface area (Å²) < 4.78 is 22.7. The molecule has 0 fully saturated rings. The summed E-state index contributed by atoms with van der Waals surface area (Å²) in [6, 6.07) is 5.75. The number of benzene rings is 1. The van der Waals surface area contributed by atoms with Crippen LogP contribution in [0.25, 0.3) is 0 Å². The lowest BCUT2D eigenvalue weighted by Gasteiger charge is -2.19. The predicted octanol–water partition coefficient (Wildman–Crippen LogP) is 2.51. The van der Waals surface area contributed by atoms with Crippen LogP contribution in [0.15, 0.2) is 18.2 Å². The molecule has 0 saturated carbocycles. The monoisotopic (exact) mass is 299 g/mol. The molecule has 0 heterocycles. The SMILES string of the molecule is CCCCS(=O)CC(NC)c1ccc(OC)cc1OC. The Kier molecular flexibility index (Phi) is 7.62. The van der Waals surface area contributed by atoms with Crippen LogP contribution in [0.2, 0.25) is 0 Å². The Balaban J connectivity index is 2.86. The molecule has 0 spiro atoms. The van der Waals surface area contributed by atoms with E-state index in [1.54, 1.807) is 14.2 Å². The van der Waals surface area contributed by atoms with Crippen LogP contribution in [-0.4, -0.2) is 37.0 Å². The van der Waals surface area contributed by atoms with Crippen molar-refractivity contribution in [1.29, 1.82) is 0 Å². The zero-order valence-corrected chi connectivity index (χ0v) is 13.6. The van der Waals surface area contributed by atoms with Gasteiger partial charge in [-0.25, -0.2) is 0 Å². The Labute approximate surface area is 124 Å². The van der Waals surface area contributed by atoms with Crippen molar-refractivity contribution >= 4 is 10.8 Å². The molecule has 0 aliphatic carbocycles. The minimum absolute atomic E-state index is 0.0218. The molecule has 0 saturated heterocycles. The van der Waals surface area contributed by atoms with Gasteiger partial charge >= 0.3 is 0 Å². The molecule has 5 heteroatoms. The summed E-state index contributed by atoms with van der Waals surface area (Å²) in [5.41, 5.74) is 1.01. The average Bonchev–Trinajstić information content (AvgIpc) is 2.49. The molecule has 0 aromatic heterocycles. The van der Waals surface area contributed by atoms with Crippen LogP contribution < -0.4 is 14.8 Å². The largest absolute Gasteiger partial charge is 0.497 e.